The maximum atomic E-state index is 9.70. The molecule has 0 radical (unpaired) electrons. The molecule has 0 unspecified atom stereocenters. The standard InChI is InChI=1S/C15H12BrNO3/c16-11-7-14-15(20-6-5-19-14)8-12(11)17-9-10-3-1-2-4-13(10)18/h1-4,7-9,18H,5-6H2. The molecule has 0 saturated carbocycles. The number of nitrogens with zero attached hydrogens (tertiary/aromatic N) is 1. The van der Waals surface area contributed by atoms with Gasteiger partial charge in [-0.1, -0.05) is 12.1 Å². The number of benzene rings is 2. The van der Waals surface area contributed by atoms with Crippen LogP contribution < -0.4 is 9.47 Å². The van der Waals surface area contributed by atoms with Crippen molar-refractivity contribution in [3.8, 4) is 17.2 Å². The Labute approximate surface area is 124 Å². The molecule has 1 aliphatic heterocycles. The van der Waals surface area contributed by atoms with E-state index in [1.54, 1.807) is 24.4 Å². The number of hydrogen-bond acceptors (Lipinski definition) is 4. The number of aromatic hydroxyl groups is 1. The topological polar surface area (TPSA) is 51.1 Å². The first-order valence-electron chi connectivity index (χ1n) is 6.15. The van der Waals surface area contributed by atoms with E-state index in [1.165, 1.54) is 0 Å². The fraction of sp³-hybridized carbons (Fsp3) is 0.133. The van der Waals surface area contributed by atoms with Crippen molar-refractivity contribution in [1.82, 2.24) is 0 Å². The highest BCUT2D eigenvalue weighted by molar-refractivity contribution is 9.10. The summed E-state index contributed by atoms with van der Waals surface area (Å²) in [5.41, 5.74) is 1.38. The zero-order valence-electron chi connectivity index (χ0n) is 10.5. The van der Waals surface area contributed by atoms with Crippen LogP contribution in [0.25, 0.3) is 0 Å². The van der Waals surface area contributed by atoms with E-state index in [2.05, 4.69) is 20.9 Å². The number of rotatable bonds is 2. The molecule has 102 valence electrons. The fourth-order valence-electron chi connectivity index (χ4n) is 1.89. The van der Waals surface area contributed by atoms with Crippen molar-refractivity contribution in [2.75, 3.05) is 13.2 Å². The lowest BCUT2D eigenvalue weighted by molar-refractivity contribution is 0.171. The van der Waals surface area contributed by atoms with Crippen molar-refractivity contribution in [2.45, 2.75) is 0 Å². The molecule has 20 heavy (non-hydrogen) atoms. The van der Waals surface area contributed by atoms with E-state index in [9.17, 15) is 5.11 Å². The van der Waals surface area contributed by atoms with E-state index < -0.39 is 0 Å². The van der Waals surface area contributed by atoms with E-state index in [-0.39, 0.29) is 5.75 Å². The number of phenols is 1. The van der Waals surface area contributed by atoms with Crippen LogP contribution in [0.1, 0.15) is 5.56 Å². The van der Waals surface area contributed by atoms with Crippen molar-refractivity contribution in [3.05, 3.63) is 46.4 Å². The number of hydrogen-bond donors (Lipinski definition) is 1. The lowest BCUT2D eigenvalue weighted by Crippen LogP contribution is -2.15. The first kappa shape index (κ1) is 13.0. The molecule has 1 heterocycles. The highest BCUT2D eigenvalue weighted by Crippen LogP contribution is 2.39. The molecule has 2 aromatic rings. The Morgan fingerprint density at radius 1 is 1.10 bits per heavy atom. The van der Waals surface area contributed by atoms with E-state index in [1.807, 2.05) is 18.2 Å². The van der Waals surface area contributed by atoms with Crippen LogP contribution >= 0.6 is 15.9 Å². The molecule has 0 fully saturated rings. The van der Waals surface area contributed by atoms with Gasteiger partial charge in [0, 0.05) is 28.4 Å². The van der Waals surface area contributed by atoms with Crippen molar-refractivity contribution >= 4 is 27.8 Å². The minimum absolute atomic E-state index is 0.199. The Hall–Kier alpha value is -2.01. The van der Waals surface area contributed by atoms with Crippen LogP contribution in [0.15, 0.2) is 45.9 Å². The summed E-state index contributed by atoms with van der Waals surface area (Å²) in [5, 5.41) is 9.70. The molecule has 1 aliphatic rings. The third-order valence-corrected chi connectivity index (χ3v) is 3.53. The predicted molar refractivity (Wildman–Crippen MR) is 80.5 cm³/mol. The molecule has 0 atom stereocenters. The second kappa shape index (κ2) is 5.54. The van der Waals surface area contributed by atoms with Crippen LogP contribution in [0.5, 0.6) is 17.2 Å². The maximum absolute atomic E-state index is 9.70. The highest BCUT2D eigenvalue weighted by Gasteiger charge is 2.14. The Bertz CT molecular complexity index is 670. The molecular weight excluding hydrogens is 322 g/mol. The SMILES string of the molecule is Oc1ccccc1C=Nc1cc2c(cc1Br)OCCO2. The summed E-state index contributed by atoms with van der Waals surface area (Å²) in [5.74, 6) is 1.60. The Morgan fingerprint density at radius 2 is 1.80 bits per heavy atom. The lowest BCUT2D eigenvalue weighted by Gasteiger charge is -2.18. The molecule has 0 saturated heterocycles. The van der Waals surface area contributed by atoms with Crippen LogP contribution in [0.2, 0.25) is 0 Å². The molecule has 5 heteroatoms. The first-order chi connectivity index (χ1) is 9.74. The Morgan fingerprint density at radius 3 is 2.55 bits per heavy atom. The summed E-state index contributed by atoms with van der Waals surface area (Å²) in [7, 11) is 0. The van der Waals surface area contributed by atoms with Crippen LogP contribution in [0.3, 0.4) is 0 Å². The van der Waals surface area contributed by atoms with E-state index in [0.29, 0.717) is 30.3 Å². The van der Waals surface area contributed by atoms with Crippen LogP contribution in [0, 0.1) is 0 Å². The van der Waals surface area contributed by atoms with Gasteiger partial charge in [0.1, 0.15) is 19.0 Å². The molecule has 0 bridgehead atoms. The quantitative estimate of drug-likeness (QED) is 0.853. The van der Waals surface area contributed by atoms with Crippen molar-refractivity contribution in [3.63, 3.8) is 0 Å². The molecular formula is C15H12BrNO3. The van der Waals surface area contributed by atoms with Crippen LogP contribution in [-0.4, -0.2) is 24.5 Å². The van der Waals surface area contributed by atoms with Crippen molar-refractivity contribution in [2.24, 2.45) is 4.99 Å². The van der Waals surface area contributed by atoms with Crippen molar-refractivity contribution in [1.29, 1.82) is 0 Å². The molecule has 0 aliphatic carbocycles. The Kier molecular flexibility index (Phi) is 3.60. The summed E-state index contributed by atoms with van der Waals surface area (Å²) < 4.78 is 11.8. The molecule has 2 aromatic carbocycles. The monoisotopic (exact) mass is 333 g/mol. The third kappa shape index (κ3) is 2.63. The molecule has 1 N–H and O–H groups in total. The van der Waals surface area contributed by atoms with E-state index in [0.717, 1.165) is 10.2 Å². The van der Waals surface area contributed by atoms with Gasteiger partial charge >= 0.3 is 0 Å². The Balaban J connectivity index is 1.93. The van der Waals surface area contributed by atoms with Gasteiger partial charge in [0.25, 0.3) is 0 Å². The lowest BCUT2D eigenvalue weighted by atomic mass is 10.2. The van der Waals surface area contributed by atoms with Gasteiger partial charge in [0.05, 0.1) is 5.69 Å². The average Bonchev–Trinajstić information content (AvgIpc) is 2.46. The summed E-state index contributed by atoms with van der Waals surface area (Å²) in [6, 6.07) is 10.7. The summed E-state index contributed by atoms with van der Waals surface area (Å²) in [6.45, 7) is 1.09. The van der Waals surface area contributed by atoms with Gasteiger partial charge in [0.15, 0.2) is 11.5 Å². The van der Waals surface area contributed by atoms with Gasteiger partial charge in [-0.2, -0.15) is 0 Å². The van der Waals surface area contributed by atoms with Crippen LogP contribution in [-0.2, 0) is 0 Å². The molecule has 4 nitrogen and oxygen atoms in total. The van der Waals surface area contributed by atoms with Gasteiger partial charge in [-0.3, -0.25) is 4.99 Å². The minimum Gasteiger partial charge on any atom is -0.507 e. The molecule has 3 rings (SSSR count). The number of fused-ring (bicyclic) bond motifs is 1. The van der Waals surface area contributed by atoms with E-state index >= 15 is 0 Å². The zero-order chi connectivity index (χ0) is 13.9. The smallest absolute Gasteiger partial charge is 0.163 e. The summed E-state index contributed by atoms with van der Waals surface area (Å²) >= 11 is 3.46. The normalized spacial score (nSPS) is 13.7. The summed E-state index contributed by atoms with van der Waals surface area (Å²) in [6.07, 6.45) is 1.62. The number of para-hydroxylation sites is 1. The van der Waals surface area contributed by atoms with E-state index in [4.69, 9.17) is 9.47 Å². The fourth-order valence-corrected chi connectivity index (χ4v) is 2.31. The second-order valence-electron chi connectivity index (χ2n) is 4.26. The maximum Gasteiger partial charge on any atom is 0.163 e. The largest absolute Gasteiger partial charge is 0.507 e. The van der Waals surface area contributed by atoms with Gasteiger partial charge in [-0.05, 0) is 28.1 Å². The number of halogens is 1. The van der Waals surface area contributed by atoms with Gasteiger partial charge in [0.2, 0.25) is 0 Å². The predicted octanol–water partition coefficient (Wildman–Crippen LogP) is 3.68. The minimum atomic E-state index is 0.199. The summed E-state index contributed by atoms with van der Waals surface area (Å²) in [4.78, 5) is 4.38. The van der Waals surface area contributed by atoms with Gasteiger partial charge < -0.3 is 14.6 Å². The number of phenolic OH excluding ortho intramolecular Hbond substituents is 1. The molecule has 0 aromatic heterocycles. The second-order valence-corrected chi connectivity index (χ2v) is 5.12. The molecule has 0 amide bonds. The van der Waals surface area contributed by atoms with Gasteiger partial charge in [-0.25, -0.2) is 0 Å². The zero-order valence-corrected chi connectivity index (χ0v) is 12.1. The molecule has 0 spiro atoms. The first-order valence-corrected chi connectivity index (χ1v) is 6.94. The average molecular weight is 334 g/mol. The third-order valence-electron chi connectivity index (χ3n) is 2.89. The highest BCUT2D eigenvalue weighted by atomic mass is 79.9. The number of aliphatic imine (C=N–C) groups is 1. The van der Waals surface area contributed by atoms with Crippen LogP contribution in [0.4, 0.5) is 5.69 Å². The van der Waals surface area contributed by atoms with Gasteiger partial charge in [-0.15, -0.1) is 0 Å². The van der Waals surface area contributed by atoms with Crippen molar-refractivity contribution < 1.29 is 14.6 Å². The number of ether oxygens (including phenoxy) is 2.